The Kier molecular flexibility index (Phi) is 5.04. The minimum Gasteiger partial charge on any atom is -0.493 e. The highest BCUT2D eigenvalue weighted by atomic mass is 32.1. The molecule has 1 aliphatic heterocycles. The zero-order valence-electron chi connectivity index (χ0n) is 19.5. The highest BCUT2D eigenvalue weighted by molar-refractivity contribution is 7.22. The maximum Gasteiger partial charge on any atom is 0.297 e. The fourth-order valence-electron chi connectivity index (χ4n) is 4.61. The van der Waals surface area contributed by atoms with Crippen LogP contribution in [0.1, 0.15) is 33.3 Å². The van der Waals surface area contributed by atoms with Gasteiger partial charge >= 0.3 is 0 Å². The molecule has 0 bridgehead atoms. The van der Waals surface area contributed by atoms with Gasteiger partial charge in [-0.1, -0.05) is 29.0 Å². The second-order valence-corrected chi connectivity index (χ2v) is 9.48. The van der Waals surface area contributed by atoms with E-state index in [1.807, 2.05) is 13.0 Å². The lowest BCUT2D eigenvalue weighted by Crippen LogP contribution is -2.29. The molecule has 9 heteroatoms. The number of nitrogens with zero attached hydrogens (tertiary/aromatic N) is 2. The van der Waals surface area contributed by atoms with E-state index in [4.69, 9.17) is 13.9 Å². The fourth-order valence-corrected chi connectivity index (χ4v) is 5.63. The van der Waals surface area contributed by atoms with E-state index >= 15 is 0 Å². The van der Waals surface area contributed by atoms with Crippen molar-refractivity contribution >= 4 is 43.6 Å². The van der Waals surface area contributed by atoms with Crippen LogP contribution in [0.4, 0.5) is 9.52 Å². The van der Waals surface area contributed by atoms with Gasteiger partial charge in [0.25, 0.3) is 5.91 Å². The Bertz CT molecular complexity index is 1760. The number of amides is 1. The first-order valence-corrected chi connectivity index (χ1v) is 11.9. The van der Waals surface area contributed by atoms with Gasteiger partial charge in [-0.25, -0.2) is 9.37 Å². The quantitative estimate of drug-likeness (QED) is 0.317. The first-order valence-electron chi connectivity index (χ1n) is 11.1. The number of carbonyl (C=O) groups excluding carboxylic acids is 1. The summed E-state index contributed by atoms with van der Waals surface area (Å²) >= 11 is 1.17. The van der Waals surface area contributed by atoms with Crippen LogP contribution in [-0.2, 0) is 0 Å². The first-order chi connectivity index (χ1) is 17.4. The molecule has 0 radical (unpaired) electrons. The van der Waals surface area contributed by atoms with Crippen molar-refractivity contribution in [2.45, 2.75) is 13.0 Å². The van der Waals surface area contributed by atoms with Gasteiger partial charge in [-0.3, -0.25) is 14.5 Å². The smallest absolute Gasteiger partial charge is 0.297 e. The third kappa shape index (κ3) is 3.27. The lowest BCUT2D eigenvalue weighted by molar-refractivity contribution is 0.0971. The minimum absolute atomic E-state index is 0.0402. The summed E-state index contributed by atoms with van der Waals surface area (Å²) in [6.07, 6.45) is 0. The van der Waals surface area contributed by atoms with Crippen molar-refractivity contribution in [1.29, 1.82) is 0 Å². The molecule has 1 aliphatic rings. The van der Waals surface area contributed by atoms with Crippen molar-refractivity contribution in [1.82, 2.24) is 4.98 Å². The van der Waals surface area contributed by atoms with E-state index in [9.17, 15) is 14.0 Å². The number of thiazole rings is 1. The fraction of sp³-hybridized carbons (Fsp3) is 0.148. The zero-order valence-corrected chi connectivity index (χ0v) is 20.3. The number of aryl methyl sites for hydroxylation is 1. The second kappa shape index (κ2) is 8.17. The summed E-state index contributed by atoms with van der Waals surface area (Å²) in [7, 11) is 3.04. The molecular weight excluding hydrogens is 483 g/mol. The van der Waals surface area contributed by atoms with Gasteiger partial charge in [0.15, 0.2) is 22.1 Å². The van der Waals surface area contributed by atoms with E-state index < -0.39 is 17.8 Å². The van der Waals surface area contributed by atoms with Gasteiger partial charge in [0.2, 0.25) is 5.76 Å². The van der Waals surface area contributed by atoms with Crippen LogP contribution in [0.2, 0.25) is 0 Å². The molecule has 0 spiro atoms. The summed E-state index contributed by atoms with van der Waals surface area (Å²) in [4.78, 5) is 33.6. The maximum atomic E-state index is 13.9. The van der Waals surface area contributed by atoms with Gasteiger partial charge < -0.3 is 13.9 Å². The molecule has 5 aromatic rings. The van der Waals surface area contributed by atoms with E-state index in [2.05, 4.69) is 4.98 Å². The molecule has 3 aromatic carbocycles. The van der Waals surface area contributed by atoms with Crippen molar-refractivity contribution in [3.05, 3.63) is 93.1 Å². The van der Waals surface area contributed by atoms with Crippen LogP contribution in [0.3, 0.4) is 0 Å². The molecule has 6 rings (SSSR count). The maximum absolute atomic E-state index is 13.9. The molecule has 0 N–H and O–H groups in total. The Hall–Kier alpha value is -4.24. The molecule has 1 amide bonds. The summed E-state index contributed by atoms with van der Waals surface area (Å²) in [6.45, 7) is 1.88. The molecule has 36 heavy (non-hydrogen) atoms. The molecule has 3 heterocycles. The Labute approximate surface area is 208 Å². The summed E-state index contributed by atoms with van der Waals surface area (Å²) in [5.74, 6) is 0.0197. The summed E-state index contributed by atoms with van der Waals surface area (Å²) < 4.78 is 31.3. The van der Waals surface area contributed by atoms with Crippen molar-refractivity contribution in [2.75, 3.05) is 19.1 Å². The number of aromatic nitrogens is 1. The average Bonchev–Trinajstić information content (AvgIpc) is 3.42. The lowest BCUT2D eigenvalue weighted by Gasteiger charge is -2.23. The van der Waals surface area contributed by atoms with Crippen LogP contribution in [0, 0.1) is 12.7 Å². The Morgan fingerprint density at radius 2 is 1.81 bits per heavy atom. The zero-order chi connectivity index (χ0) is 25.1. The van der Waals surface area contributed by atoms with Crippen molar-refractivity contribution in [3.63, 3.8) is 0 Å². The van der Waals surface area contributed by atoms with Crippen LogP contribution in [-0.4, -0.2) is 25.1 Å². The van der Waals surface area contributed by atoms with Gasteiger partial charge in [0.1, 0.15) is 11.4 Å². The van der Waals surface area contributed by atoms with Gasteiger partial charge in [0, 0.05) is 0 Å². The van der Waals surface area contributed by atoms with E-state index in [0.717, 1.165) is 5.56 Å². The van der Waals surface area contributed by atoms with Crippen LogP contribution in [0.5, 0.6) is 11.5 Å². The molecule has 0 saturated heterocycles. The van der Waals surface area contributed by atoms with E-state index in [-0.39, 0.29) is 16.8 Å². The standard InChI is InChI=1S/C27H19FN2O5S/c1-13-4-8-18-16(10-13)24(31)22-23(14-5-9-19(33-2)20(11-14)34-3)30(26(32)25(22)35-18)27-29-17-7-6-15(28)12-21(17)36-27/h4-12,23H,1-3H3/t23-/m1/s1. The van der Waals surface area contributed by atoms with Gasteiger partial charge in [-0.15, -0.1) is 0 Å². The largest absolute Gasteiger partial charge is 0.493 e. The topological polar surface area (TPSA) is 81.9 Å². The summed E-state index contributed by atoms with van der Waals surface area (Å²) in [5, 5.41) is 0.715. The number of fused-ring (bicyclic) bond motifs is 3. The molecule has 1 atom stereocenters. The molecule has 180 valence electrons. The molecular formula is C27H19FN2O5S. The second-order valence-electron chi connectivity index (χ2n) is 8.47. The minimum atomic E-state index is -0.834. The normalized spacial score (nSPS) is 15.1. The van der Waals surface area contributed by atoms with Crippen LogP contribution in [0.25, 0.3) is 21.2 Å². The average molecular weight is 503 g/mol. The number of halogens is 1. The number of benzene rings is 3. The number of hydrogen-bond acceptors (Lipinski definition) is 7. The van der Waals surface area contributed by atoms with Gasteiger partial charge in [0.05, 0.1) is 41.4 Å². The van der Waals surface area contributed by atoms with E-state index in [0.29, 0.717) is 43.4 Å². The summed E-state index contributed by atoms with van der Waals surface area (Å²) in [6, 6.07) is 13.9. The SMILES string of the molecule is COc1ccc([C@@H]2c3c(oc4ccc(C)cc4c3=O)C(=O)N2c2nc3ccc(F)cc3s2)cc1OC. The third-order valence-corrected chi connectivity index (χ3v) is 7.31. The Balaban J connectivity index is 1.64. The number of rotatable bonds is 4. The van der Waals surface area contributed by atoms with Gasteiger partial charge in [-0.2, -0.15) is 0 Å². The van der Waals surface area contributed by atoms with Crippen molar-refractivity contribution in [3.8, 4) is 11.5 Å². The van der Waals surface area contributed by atoms with Crippen LogP contribution < -0.4 is 19.8 Å². The Morgan fingerprint density at radius 3 is 2.58 bits per heavy atom. The van der Waals surface area contributed by atoms with Crippen LogP contribution in [0.15, 0.2) is 63.8 Å². The predicted molar refractivity (Wildman–Crippen MR) is 135 cm³/mol. The number of methoxy groups -OCH3 is 2. The van der Waals surface area contributed by atoms with Crippen molar-refractivity contribution in [2.24, 2.45) is 0 Å². The highest BCUT2D eigenvalue weighted by Gasteiger charge is 2.45. The highest BCUT2D eigenvalue weighted by Crippen LogP contribution is 2.45. The molecule has 0 fully saturated rings. The molecule has 0 aliphatic carbocycles. The Morgan fingerprint density at radius 1 is 1.00 bits per heavy atom. The monoisotopic (exact) mass is 502 g/mol. The third-order valence-electron chi connectivity index (χ3n) is 6.29. The van der Waals surface area contributed by atoms with Crippen molar-refractivity contribution < 1.29 is 23.1 Å². The predicted octanol–water partition coefficient (Wildman–Crippen LogP) is 5.62. The van der Waals surface area contributed by atoms with Gasteiger partial charge in [-0.05, 0) is 55.0 Å². The number of carbonyl (C=O) groups is 1. The number of hydrogen-bond donors (Lipinski definition) is 0. The molecule has 0 unspecified atom stereocenters. The van der Waals surface area contributed by atoms with E-state index in [1.54, 1.807) is 36.4 Å². The lowest BCUT2D eigenvalue weighted by atomic mass is 9.98. The number of anilines is 1. The number of ether oxygens (including phenoxy) is 2. The molecule has 0 saturated carbocycles. The van der Waals surface area contributed by atoms with E-state index in [1.165, 1.54) is 42.6 Å². The molecule has 2 aromatic heterocycles. The first kappa shape index (κ1) is 22.2. The van der Waals surface area contributed by atoms with Crippen LogP contribution >= 0.6 is 11.3 Å². The molecule has 7 nitrogen and oxygen atoms in total. The summed E-state index contributed by atoms with van der Waals surface area (Å²) in [5.41, 5.74) is 2.31.